The molecule has 0 aromatic rings. The SMILES string of the molecule is CC1=NN2CCCC2(C)C1Br. The fourth-order valence-corrected chi connectivity index (χ4v) is 2.64. The van der Waals surface area contributed by atoms with Crippen LogP contribution < -0.4 is 0 Å². The molecule has 62 valence electrons. The molecule has 11 heavy (non-hydrogen) atoms. The second kappa shape index (κ2) is 2.22. The monoisotopic (exact) mass is 216 g/mol. The minimum absolute atomic E-state index is 0.282. The van der Waals surface area contributed by atoms with E-state index in [-0.39, 0.29) is 5.54 Å². The number of halogens is 1. The first kappa shape index (κ1) is 7.59. The van der Waals surface area contributed by atoms with E-state index in [1.165, 1.54) is 18.6 Å². The van der Waals surface area contributed by atoms with Crippen molar-refractivity contribution in [1.82, 2.24) is 5.01 Å². The highest BCUT2D eigenvalue weighted by Crippen LogP contribution is 2.40. The van der Waals surface area contributed by atoms with Crippen LogP contribution in [0.15, 0.2) is 5.10 Å². The van der Waals surface area contributed by atoms with Crippen molar-refractivity contribution in [2.24, 2.45) is 5.10 Å². The molecule has 1 saturated heterocycles. The summed E-state index contributed by atoms with van der Waals surface area (Å²) in [7, 11) is 0. The number of hydrogen-bond donors (Lipinski definition) is 0. The van der Waals surface area contributed by atoms with Crippen molar-refractivity contribution in [1.29, 1.82) is 0 Å². The molecule has 2 unspecified atom stereocenters. The van der Waals surface area contributed by atoms with Gasteiger partial charge in [-0.15, -0.1) is 0 Å². The van der Waals surface area contributed by atoms with Gasteiger partial charge in [-0.05, 0) is 26.7 Å². The second-order valence-corrected chi connectivity index (χ2v) is 4.60. The Hall–Kier alpha value is -0.0500. The maximum atomic E-state index is 4.51. The van der Waals surface area contributed by atoms with Gasteiger partial charge in [0, 0.05) is 6.54 Å². The van der Waals surface area contributed by atoms with Gasteiger partial charge in [-0.3, -0.25) is 5.01 Å². The zero-order chi connectivity index (χ0) is 8.06. The third-order valence-corrected chi connectivity index (χ3v) is 4.48. The Labute approximate surface area is 75.8 Å². The van der Waals surface area contributed by atoms with E-state index in [9.17, 15) is 0 Å². The van der Waals surface area contributed by atoms with Crippen molar-refractivity contribution in [2.45, 2.75) is 37.1 Å². The summed E-state index contributed by atoms with van der Waals surface area (Å²) in [6.07, 6.45) is 2.55. The molecule has 2 atom stereocenters. The van der Waals surface area contributed by atoms with E-state index in [1.54, 1.807) is 0 Å². The minimum atomic E-state index is 0.282. The Morgan fingerprint density at radius 3 is 3.09 bits per heavy atom. The Morgan fingerprint density at radius 1 is 1.73 bits per heavy atom. The van der Waals surface area contributed by atoms with Crippen LogP contribution in [0, 0.1) is 0 Å². The molecule has 0 spiro atoms. The molecule has 0 aromatic carbocycles. The summed E-state index contributed by atoms with van der Waals surface area (Å²) in [5.41, 5.74) is 1.51. The number of fused-ring (bicyclic) bond motifs is 1. The normalized spacial score (nSPS) is 42.6. The topological polar surface area (TPSA) is 15.6 Å². The van der Waals surface area contributed by atoms with Crippen LogP contribution in [0.2, 0.25) is 0 Å². The summed E-state index contributed by atoms with van der Waals surface area (Å²) in [5, 5.41) is 6.74. The van der Waals surface area contributed by atoms with Gasteiger partial charge in [0.05, 0.1) is 16.1 Å². The zero-order valence-electron chi connectivity index (χ0n) is 6.97. The molecule has 0 bridgehead atoms. The van der Waals surface area contributed by atoms with Crippen molar-refractivity contribution in [3.63, 3.8) is 0 Å². The van der Waals surface area contributed by atoms with Gasteiger partial charge < -0.3 is 0 Å². The largest absolute Gasteiger partial charge is 0.290 e. The van der Waals surface area contributed by atoms with Crippen molar-refractivity contribution in [2.75, 3.05) is 6.54 Å². The summed E-state index contributed by atoms with van der Waals surface area (Å²) in [6, 6.07) is 0. The summed E-state index contributed by atoms with van der Waals surface area (Å²) in [6.45, 7) is 5.53. The molecule has 2 aliphatic heterocycles. The highest BCUT2D eigenvalue weighted by atomic mass is 79.9. The van der Waals surface area contributed by atoms with Crippen LogP contribution >= 0.6 is 15.9 Å². The average molecular weight is 217 g/mol. The molecule has 2 nitrogen and oxygen atoms in total. The number of nitrogens with zero attached hydrogens (tertiary/aromatic N) is 2. The van der Waals surface area contributed by atoms with E-state index in [1.807, 2.05) is 0 Å². The zero-order valence-corrected chi connectivity index (χ0v) is 8.56. The fourth-order valence-electron chi connectivity index (χ4n) is 2.08. The van der Waals surface area contributed by atoms with Crippen LogP contribution in [0.5, 0.6) is 0 Å². The fraction of sp³-hybridized carbons (Fsp3) is 0.875. The smallest absolute Gasteiger partial charge is 0.0788 e. The summed E-state index contributed by atoms with van der Waals surface area (Å²) in [4.78, 5) is 0.470. The van der Waals surface area contributed by atoms with Crippen LogP contribution in [0.4, 0.5) is 0 Å². The second-order valence-electron chi connectivity index (χ2n) is 3.69. The Balaban J connectivity index is 2.32. The molecule has 0 aliphatic carbocycles. The van der Waals surface area contributed by atoms with Crippen LogP contribution in [0.25, 0.3) is 0 Å². The molecular weight excluding hydrogens is 204 g/mol. The van der Waals surface area contributed by atoms with Crippen molar-refractivity contribution < 1.29 is 0 Å². The van der Waals surface area contributed by atoms with E-state index in [0.29, 0.717) is 4.83 Å². The van der Waals surface area contributed by atoms with E-state index in [2.05, 4.69) is 39.9 Å². The molecule has 0 saturated carbocycles. The summed E-state index contributed by atoms with van der Waals surface area (Å²) in [5.74, 6) is 0. The van der Waals surface area contributed by atoms with Crippen LogP contribution in [-0.4, -0.2) is 27.6 Å². The van der Waals surface area contributed by atoms with E-state index < -0.39 is 0 Å². The Morgan fingerprint density at radius 2 is 2.45 bits per heavy atom. The van der Waals surface area contributed by atoms with Crippen molar-refractivity contribution >= 4 is 21.6 Å². The third-order valence-electron chi connectivity index (χ3n) is 2.83. The molecule has 0 aromatic heterocycles. The molecule has 0 N–H and O–H groups in total. The van der Waals surface area contributed by atoms with Gasteiger partial charge in [0.15, 0.2) is 0 Å². The molecule has 2 heterocycles. The Bertz CT molecular complexity index is 214. The highest BCUT2D eigenvalue weighted by Gasteiger charge is 2.47. The van der Waals surface area contributed by atoms with Gasteiger partial charge in [0.2, 0.25) is 0 Å². The van der Waals surface area contributed by atoms with Gasteiger partial charge in [-0.1, -0.05) is 15.9 Å². The van der Waals surface area contributed by atoms with Crippen LogP contribution in [0.3, 0.4) is 0 Å². The maximum Gasteiger partial charge on any atom is 0.0788 e. The van der Waals surface area contributed by atoms with Gasteiger partial charge >= 0.3 is 0 Å². The molecule has 2 rings (SSSR count). The third kappa shape index (κ3) is 0.866. The molecule has 0 amide bonds. The predicted molar refractivity (Wildman–Crippen MR) is 50.2 cm³/mol. The quantitative estimate of drug-likeness (QED) is 0.566. The van der Waals surface area contributed by atoms with Gasteiger partial charge in [0.25, 0.3) is 0 Å². The standard InChI is InChI=1S/C8H13BrN2/c1-6-7(9)8(2)4-3-5-11(8)10-6/h7H,3-5H2,1-2H3. The van der Waals surface area contributed by atoms with Gasteiger partial charge in [-0.2, -0.15) is 5.10 Å². The first-order valence-corrected chi connectivity index (χ1v) is 5.03. The van der Waals surface area contributed by atoms with E-state index in [0.717, 1.165) is 6.54 Å². The number of rotatable bonds is 0. The average Bonchev–Trinajstić information content (AvgIpc) is 2.39. The molecule has 0 radical (unpaired) electrons. The lowest BCUT2D eigenvalue weighted by Gasteiger charge is -2.29. The maximum absolute atomic E-state index is 4.51. The van der Waals surface area contributed by atoms with Gasteiger partial charge in [-0.25, -0.2) is 0 Å². The molecule has 3 heteroatoms. The van der Waals surface area contributed by atoms with Crippen molar-refractivity contribution in [3.05, 3.63) is 0 Å². The van der Waals surface area contributed by atoms with E-state index >= 15 is 0 Å². The summed E-state index contributed by atoms with van der Waals surface area (Å²) >= 11 is 3.69. The highest BCUT2D eigenvalue weighted by molar-refractivity contribution is 9.10. The van der Waals surface area contributed by atoms with Crippen LogP contribution in [0.1, 0.15) is 26.7 Å². The molecule has 2 aliphatic rings. The number of hydrazone groups is 1. The minimum Gasteiger partial charge on any atom is -0.290 e. The molecule has 1 fully saturated rings. The number of alkyl halides is 1. The van der Waals surface area contributed by atoms with Crippen LogP contribution in [-0.2, 0) is 0 Å². The lowest BCUT2D eigenvalue weighted by Crippen LogP contribution is -2.41. The lowest BCUT2D eigenvalue weighted by molar-refractivity contribution is 0.200. The summed E-state index contributed by atoms with van der Waals surface area (Å²) < 4.78 is 0. The molecular formula is C8H13BrN2. The lowest BCUT2D eigenvalue weighted by atomic mass is 9.94. The number of hydrogen-bond acceptors (Lipinski definition) is 2. The first-order chi connectivity index (χ1) is 5.14. The first-order valence-electron chi connectivity index (χ1n) is 4.11. The van der Waals surface area contributed by atoms with E-state index in [4.69, 9.17) is 0 Å². The van der Waals surface area contributed by atoms with Gasteiger partial charge in [0.1, 0.15) is 0 Å². The predicted octanol–water partition coefficient (Wildman–Crippen LogP) is 1.99. The van der Waals surface area contributed by atoms with Crippen molar-refractivity contribution in [3.8, 4) is 0 Å². The Kier molecular flexibility index (Phi) is 1.53.